The molecule has 1 aromatic heterocycles. The van der Waals surface area contributed by atoms with E-state index in [0.29, 0.717) is 11.1 Å². The average molecular weight is 223 g/mol. The lowest BCUT2D eigenvalue weighted by atomic mass is 10.0. The molecule has 0 saturated carbocycles. The number of pyridine rings is 1. The maximum absolute atomic E-state index is 6.23. The average Bonchev–Trinajstić information content (AvgIpc) is 2.74. The highest BCUT2D eigenvalue weighted by Crippen LogP contribution is 2.35. The van der Waals surface area contributed by atoms with Crippen molar-refractivity contribution in [3.05, 3.63) is 23.4 Å². The fourth-order valence-corrected chi connectivity index (χ4v) is 3.28. The van der Waals surface area contributed by atoms with E-state index < -0.39 is 0 Å². The van der Waals surface area contributed by atoms with Crippen molar-refractivity contribution in [2.45, 2.75) is 31.1 Å². The van der Waals surface area contributed by atoms with Crippen LogP contribution in [0, 0.1) is 6.92 Å². The van der Waals surface area contributed by atoms with Gasteiger partial charge in [0.15, 0.2) is 0 Å². The molecule has 1 aromatic rings. The third kappa shape index (κ3) is 2.26. The summed E-state index contributed by atoms with van der Waals surface area (Å²) in [5.41, 5.74) is 14.2. The molecule has 0 bridgehead atoms. The molecule has 0 aliphatic carbocycles. The summed E-state index contributed by atoms with van der Waals surface area (Å²) in [6, 6.07) is 2.09. The van der Waals surface area contributed by atoms with E-state index in [1.165, 1.54) is 18.6 Å². The zero-order valence-electron chi connectivity index (χ0n) is 8.94. The van der Waals surface area contributed by atoms with Crippen molar-refractivity contribution in [3.8, 4) is 0 Å². The van der Waals surface area contributed by atoms with Gasteiger partial charge in [-0.1, -0.05) is 0 Å². The molecule has 1 aliphatic heterocycles. The number of nitrogens with two attached hydrogens (primary N) is 2. The Morgan fingerprint density at radius 1 is 1.60 bits per heavy atom. The van der Waals surface area contributed by atoms with E-state index in [0.717, 1.165) is 11.1 Å². The number of nitrogen functional groups attached to an aromatic ring is 1. The molecule has 0 aromatic carbocycles. The molecule has 15 heavy (non-hydrogen) atoms. The summed E-state index contributed by atoms with van der Waals surface area (Å²) in [4.78, 5) is 4.16. The highest BCUT2D eigenvalue weighted by Gasteiger charge is 2.25. The van der Waals surface area contributed by atoms with E-state index in [9.17, 15) is 0 Å². The van der Waals surface area contributed by atoms with Crippen molar-refractivity contribution < 1.29 is 0 Å². The van der Waals surface area contributed by atoms with Crippen molar-refractivity contribution in [1.29, 1.82) is 0 Å². The molecule has 1 aliphatic rings. The Hall–Kier alpha value is -0.740. The van der Waals surface area contributed by atoms with Crippen LogP contribution in [0.2, 0.25) is 0 Å². The molecule has 1 saturated heterocycles. The molecule has 4 heteroatoms. The number of hydrogen-bond donors (Lipinski definition) is 2. The van der Waals surface area contributed by atoms with Crippen LogP contribution in [0.1, 0.15) is 30.0 Å². The highest BCUT2D eigenvalue weighted by molar-refractivity contribution is 8.00. The SMILES string of the molecule is Cc1cnc(N)c(C(N)C2CCCS2)c1. The molecule has 0 amide bonds. The van der Waals surface area contributed by atoms with Gasteiger partial charge in [-0.15, -0.1) is 0 Å². The molecule has 2 atom stereocenters. The van der Waals surface area contributed by atoms with Crippen LogP contribution in [-0.4, -0.2) is 16.0 Å². The number of thioether (sulfide) groups is 1. The molecule has 2 rings (SSSR count). The first-order valence-corrected chi connectivity index (χ1v) is 6.32. The maximum Gasteiger partial charge on any atom is 0.128 e. The van der Waals surface area contributed by atoms with Gasteiger partial charge in [0.1, 0.15) is 5.82 Å². The van der Waals surface area contributed by atoms with E-state index in [-0.39, 0.29) is 6.04 Å². The maximum atomic E-state index is 6.23. The molecule has 4 N–H and O–H groups in total. The normalized spacial score (nSPS) is 22.9. The Morgan fingerprint density at radius 2 is 2.40 bits per heavy atom. The minimum atomic E-state index is 0.0323. The molecular formula is C11H17N3S. The van der Waals surface area contributed by atoms with Crippen LogP contribution in [0.4, 0.5) is 5.82 Å². The van der Waals surface area contributed by atoms with Crippen LogP contribution in [0.15, 0.2) is 12.3 Å². The number of anilines is 1. The monoisotopic (exact) mass is 223 g/mol. The second-order valence-corrected chi connectivity index (χ2v) is 5.41. The van der Waals surface area contributed by atoms with Crippen LogP contribution in [0.25, 0.3) is 0 Å². The van der Waals surface area contributed by atoms with E-state index in [1.807, 2.05) is 18.7 Å². The van der Waals surface area contributed by atoms with Gasteiger partial charge in [0, 0.05) is 23.1 Å². The van der Waals surface area contributed by atoms with Crippen molar-refractivity contribution in [1.82, 2.24) is 4.98 Å². The van der Waals surface area contributed by atoms with Crippen LogP contribution in [0.5, 0.6) is 0 Å². The predicted octanol–water partition coefficient (Wildman–Crippen LogP) is 1.87. The molecule has 0 radical (unpaired) electrons. The highest BCUT2D eigenvalue weighted by atomic mass is 32.2. The third-order valence-corrected chi connectivity index (χ3v) is 4.29. The summed E-state index contributed by atoms with van der Waals surface area (Å²) in [6.07, 6.45) is 4.24. The van der Waals surface area contributed by atoms with Gasteiger partial charge in [-0.25, -0.2) is 4.98 Å². The number of rotatable bonds is 2. The third-order valence-electron chi connectivity index (χ3n) is 2.81. The van der Waals surface area contributed by atoms with Gasteiger partial charge in [0.2, 0.25) is 0 Å². The number of aryl methyl sites for hydroxylation is 1. The van der Waals surface area contributed by atoms with Crippen LogP contribution in [-0.2, 0) is 0 Å². The van der Waals surface area contributed by atoms with E-state index in [4.69, 9.17) is 11.5 Å². The van der Waals surface area contributed by atoms with Gasteiger partial charge < -0.3 is 11.5 Å². The summed E-state index contributed by atoms with van der Waals surface area (Å²) in [5.74, 6) is 1.80. The number of hydrogen-bond acceptors (Lipinski definition) is 4. The summed E-state index contributed by atoms with van der Waals surface area (Å²) in [5, 5.41) is 0.510. The summed E-state index contributed by atoms with van der Waals surface area (Å²) < 4.78 is 0. The lowest BCUT2D eigenvalue weighted by Crippen LogP contribution is -2.23. The molecule has 2 heterocycles. The zero-order valence-corrected chi connectivity index (χ0v) is 9.76. The lowest BCUT2D eigenvalue weighted by Gasteiger charge is -2.19. The Morgan fingerprint density at radius 3 is 3.07 bits per heavy atom. The first-order chi connectivity index (χ1) is 7.18. The molecule has 82 valence electrons. The molecular weight excluding hydrogens is 206 g/mol. The topological polar surface area (TPSA) is 64.9 Å². The summed E-state index contributed by atoms with van der Waals surface area (Å²) >= 11 is 1.95. The van der Waals surface area contributed by atoms with Gasteiger partial charge in [0.05, 0.1) is 0 Å². The van der Waals surface area contributed by atoms with Crippen molar-refractivity contribution in [3.63, 3.8) is 0 Å². The molecule has 0 spiro atoms. The standard InChI is InChI=1S/C11H17N3S/c1-7-5-8(11(13)14-6-7)10(12)9-3-2-4-15-9/h5-6,9-10H,2-4,12H2,1H3,(H2,13,14). The second kappa shape index (κ2) is 4.41. The van der Waals surface area contributed by atoms with Crippen LogP contribution < -0.4 is 11.5 Å². The minimum Gasteiger partial charge on any atom is -0.383 e. The quantitative estimate of drug-likeness (QED) is 0.803. The number of aromatic nitrogens is 1. The van der Waals surface area contributed by atoms with Crippen molar-refractivity contribution >= 4 is 17.6 Å². The van der Waals surface area contributed by atoms with Gasteiger partial charge in [-0.3, -0.25) is 0 Å². The van der Waals surface area contributed by atoms with Crippen molar-refractivity contribution in [2.75, 3.05) is 11.5 Å². The Kier molecular flexibility index (Phi) is 3.17. The Bertz CT molecular complexity index is 348. The van der Waals surface area contributed by atoms with Crippen molar-refractivity contribution in [2.24, 2.45) is 5.73 Å². The predicted molar refractivity (Wildman–Crippen MR) is 65.8 cm³/mol. The molecule has 3 nitrogen and oxygen atoms in total. The Labute approximate surface area is 94.6 Å². The largest absolute Gasteiger partial charge is 0.383 e. The first kappa shape index (κ1) is 10.8. The van der Waals surface area contributed by atoms with Gasteiger partial charge in [0.25, 0.3) is 0 Å². The lowest BCUT2D eigenvalue weighted by molar-refractivity contribution is 0.645. The van der Waals surface area contributed by atoms with Gasteiger partial charge in [-0.2, -0.15) is 11.8 Å². The van der Waals surface area contributed by atoms with Crippen LogP contribution >= 0.6 is 11.8 Å². The molecule has 2 unspecified atom stereocenters. The second-order valence-electron chi connectivity index (χ2n) is 4.06. The van der Waals surface area contributed by atoms with Crippen LogP contribution in [0.3, 0.4) is 0 Å². The Balaban J connectivity index is 2.23. The van der Waals surface area contributed by atoms with Gasteiger partial charge in [-0.05, 0) is 37.1 Å². The van der Waals surface area contributed by atoms with E-state index in [2.05, 4.69) is 11.1 Å². The fourth-order valence-electron chi connectivity index (χ4n) is 1.96. The fraction of sp³-hybridized carbons (Fsp3) is 0.545. The zero-order chi connectivity index (χ0) is 10.8. The summed E-state index contributed by atoms with van der Waals surface area (Å²) in [6.45, 7) is 2.02. The minimum absolute atomic E-state index is 0.0323. The molecule has 1 fully saturated rings. The van der Waals surface area contributed by atoms with E-state index in [1.54, 1.807) is 6.20 Å². The first-order valence-electron chi connectivity index (χ1n) is 5.27. The smallest absolute Gasteiger partial charge is 0.128 e. The summed E-state index contributed by atoms with van der Waals surface area (Å²) in [7, 11) is 0. The number of nitrogens with zero attached hydrogens (tertiary/aromatic N) is 1. The van der Waals surface area contributed by atoms with E-state index >= 15 is 0 Å². The van der Waals surface area contributed by atoms with Gasteiger partial charge >= 0.3 is 0 Å².